The van der Waals surface area contributed by atoms with Crippen LogP contribution in [0.5, 0.6) is 0 Å². The fourth-order valence-corrected chi connectivity index (χ4v) is 2.11. The first kappa shape index (κ1) is 11.9. The van der Waals surface area contributed by atoms with Crippen molar-refractivity contribution in [1.29, 1.82) is 0 Å². The maximum Gasteiger partial charge on any atom is 0.0499 e. The minimum atomic E-state index is 0.181. The Morgan fingerprint density at radius 1 is 1.44 bits per heavy atom. The lowest BCUT2D eigenvalue weighted by Crippen LogP contribution is -2.26. The lowest BCUT2D eigenvalue weighted by Gasteiger charge is -2.13. The molecule has 0 spiro atoms. The van der Waals surface area contributed by atoms with E-state index in [2.05, 4.69) is 18.3 Å². The van der Waals surface area contributed by atoms with Crippen LogP contribution in [-0.2, 0) is 6.54 Å². The standard InChI is InChI=1S/C13H18ClNO/c1-10-6-12(14)3-2-11(10)7-15-8-13(9-16)4-5-13/h2-3,6,15-16H,4-5,7-9H2,1H3. The molecule has 1 saturated carbocycles. The second kappa shape index (κ2) is 4.74. The predicted octanol–water partition coefficient (Wildman–Crippen LogP) is 2.51. The average molecular weight is 240 g/mol. The topological polar surface area (TPSA) is 32.3 Å². The molecule has 1 aliphatic carbocycles. The van der Waals surface area contributed by atoms with Crippen molar-refractivity contribution in [3.63, 3.8) is 0 Å². The van der Waals surface area contributed by atoms with Gasteiger partial charge >= 0.3 is 0 Å². The maximum absolute atomic E-state index is 9.19. The van der Waals surface area contributed by atoms with Gasteiger partial charge in [0.1, 0.15) is 0 Å². The first-order chi connectivity index (χ1) is 7.65. The summed E-state index contributed by atoms with van der Waals surface area (Å²) < 4.78 is 0. The van der Waals surface area contributed by atoms with Gasteiger partial charge < -0.3 is 10.4 Å². The van der Waals surface area contributed by atoms with Crippen LogP contribution in [0.2, 0.25) is 5.02 Å². The Bertz CT molecular complexity index is 374. The van der Waals surface area contributed by atoms with Gasteiger partial charge in [0.05, 0.1) is 0 Å². The van der Waals surface area contributed by atoms with E-state index in [1.807, 2.05) is 12.1 Å². The van der Waals surface area contributed by atoms with Crippen LogP contribution in [0.15, 0.2) is 18.2 Å². The lowest BCUT2D eigenvalue weighted by molar-refractivity contribution is 0.207. The third-order valence-corrected chi connectivity index (χ3v) is 3.65. The van der Waals surface area contributed by atoms with Crippen LogP contribution in [0.3, 0.4) is 0 Å². The molecule has 0 aromatic heterocycles. The number of aliphatic hydroxyl groups excluding tert-OH is 1. The highest BCUT2D eigenvalue weighted by Gasteiger charge is 2.41. The number of benzene rings is 1. The van der Waals surface area contributed by atoms with E-state index in [1.165, 1.54) is 11.1 Å². The fraction of sp³-hybridized carbons (Fsp3) is 0.538. The van der Waals surface area contributed by atoms with Crippen molar-refractivity contribution in [2.45, 2.75) is 26.3 Å². The molecule has 0 amide bonds. The summed E-state index contributed by atoms with van der Waals surface area (Å²) in [6, 6.07) is 5.96. The minimum Gasteiger partial charge on any atom is -0.396 e. The highest BCUT2D eigenvalue weighted by atomic mass is 35.5. The van der Waals surface area contributed by atoms with Crippen LogP contribution < -0.4 is 5.32 Å². The van der Waals surface area contributed by atoms with Crippen molar-refractivity contribution >= 4 is 11.6 Å². The molecule has 0 radical (unpaired) electrons. The Morgan fingerprint density at radius 3 is 2.75 bits per heavy atom. The van der Waals surface area contributed by atoms with E-state index in [1.54, 1.807) is 0 Å². The fourth-order valence-electron chi connectivity index (χ4n) is 1.89. The van der Waals surface area contributed by atoms with E-state index < -0.39 is 0 Å². The largest absolute Gasteiger partial charge is 0.396 e. The van der Waals surface area contributed by atoms with Gasteiger partial charge in [-0.05, 0) is 43.0 Å². The molecule has 0 atom stereocenters. The predicted molar refractivity (Wildman–Crippen MR) is 66.6 cm³/mol. The monoisotopic (exact) mass is 239 g/mol. The van der Waals surface area contributed by atoms with Crippen molar-refractivity contribution < 1.29 is 5.11 Å². The molecular formula is C13H18ClNO. The van der Waals surface area contributed by atoms with Gasteiger partial charge in [-0.2, -0.15) is 0 Å². The maximum atomic E-state index is 9.19. The molecule has 0 heterocycles. The van der Waals surface area contributed by atoms with Crippen LogP contribution in [0.1, 0.15) is 24.0 Å². The number of hydrogen-bond donors (Lipinski definition) is 2. The van der Waals surface area contributed by atoms with E-state index in [9.17, 15) is 5.11 Å². The Morgan fingerprint density at radius 2 is 2.19 bits per heavy atom. The molecule has 88 valence electrons. The molecular weight excluding hydrogens is 222 g/mol. The van der Waals surface area contributed by atoms with Crippen LogP contribution in [0, 0.1) is 12.3 Å². The van der Waals surface area contributed by atoms with Gasteiger partial charge in [-0.25, -0.2) is 0 Å². The first-order valence-electron chi connectivity index (χ1n) is 5.72. The molecule has 1 aromatic rings. The van der Waals surface area contributed by atoms with E-state index >= 15 is 0 Å². The minimum absolute atomic E-state index is 0.181. The summed E-state index contributed by atoms with van der Waals surface area (Å²) in [5.74, 6) is 0. The summed E-state index contributed by atoms with van der Waals surface area (Å²) in [5, 5.41) is 13.4. The summed E-state index contributed by atoms with van der Waals surface area (Å²) in [6.07, 6.45) is 2.30. The van der Waals surface area contributed by atoms with E-state index in [0.29, 0.717) is 6.61 Å². The zero-order chi connectivity index (χ0) is 11.6. The smallest absolute Gasteiger partial charge is 0.0499 e. The SMILES string of the molecule is Cc1cc(Cl)ccc1CNCC1(CO)CC1. The number of aryl methyl sites for hydroxylation is 1. The van der Waals surface area contributed by atoms with Crippen LogP contribution in [-0.4, -0.2) is 18.3 Å². The molecule has 2 rings (SSSR count). The first-order valence-corrected chi connectivity index (χ1v) is 6.10. The summed E-state index contributed by atoms with van der Waals surface area (Å²) in [7, 11) is 0. The van der Waals surface area contributed by atoms with Crippen LogP contribution in [0.25, 0.3) is 0 Å². The highest BCUT2D eigenvalue weighted by Crippen LogP contribution is 2.44. The normalized spacial score (nSPS) is 17.4. The Labute approximate surface area is 102 Å². The van der Waals surface area contributed by atoms with Gasteiger partial charge in [-0.1, -0.05) is 17.7 Å². The third kappa shape index (κ3) is 2.76. The van der Waals surface area contributed by atoms with Crippen molar-refractivity contribution in [1.82, 2.24) is 5.32 Å². The molecule has 3 heteroatoms. The van der Waals surface area contributed by atoms with Gasteiger partial charge in [0.2, 0.25) is 0 Å². The number of rotatable bonds is 5. The Kier molecular flexibility index (Phi) is 3.53. The van der Waals surface area contributed by atoms with E-state index in [0.717, 1.165) is 31.0 Å². The molecule has 16 heavy (non-hydrogen) atoms. The molecule has 0 unspecified atom stereocenters. The third-order valence-electron chi connectivity index (χ3n) is 3.41. The Balaban J connectivity index is 1.85. The molecule has 0 aliphatic heterocycles. The molecule has 1 aliphatic rings. The van der Waals surface area contributed by atoms with Crippen molar-refractivity contribution in [3.8, 4) is 0 Å². The molecule has 2 N–H and O–H groups in total. The molecule has 1 fully saturated rings. The second-order valence-corrected chi connectivity index (χ2v) is 5.27. The number of nitrogens with one attached hydrogen (secondary N) is 1. The molecule has 0 bridgehead atoms. The van der Waals surface area contributed by atoms with Gasteiger partial charge in [-0.15, -0.1) is 0 Å². The van der Waals surface area contributed by atoms with E-state index in [4.69, 9.17) is 11.6 Å². The quantitative estimate of drug-likeness (QED) is 0.828. The van der Waals surface area contributed by atoms with E-state index in [-0.39, 0.29) is 5.41 Å². The molecule has 1 aromatic carbocycles. The number of aliphatic hydroxyl groups is 1. The van der Waals surface area contributed by atoms with Crippen molar-refractivity contribution in [2.75, 3.05) is 13.2 Å². The van der Waals surface area contributed by atoms with Crippen LogP contribution >= 0.6 is 11.6 Å². The van der Waals surface area contributed by atoms with Gasteiger partial charge in [0.25, 0.3) is 0 Å². The number of hydrogen-bond acceptors (Lipinski definition) is 2. The summed E-state index contributed by atoms with van der Waals surface area (Å²) in [4.78, 5) is 0. The second-order valence-electron chi connectivity index (χ2n) is 4.83. The molecule has 2 nitrogen and oxygen atoms in total. The summed E-state index contributed by atoms with van der Waals surface area (Å²) in [6.45, 7) is 4.14. The van der Waals surface area contributed by atoms with Gasteiger partial charge in [0.15, 0.2) is 0 Å². The Hall–Kier alpha value is -0.570. The van der Waals surface area contributed by atoms with Gasteiger partial charge in [0, 0.05) is 30.1 Å². The number of halogens is 1. The zero-order valence-electron chi connectivity index (χ0n) is 9.59. The van der Waals surface area contributed by atoms with Crippen molar-refractivity contribution in [3.05, 3.63) is 34.3 Å². The van der Waals surface area contributed by atoms with Crippen molar-refractivity contribution in [2.24, 2.45) is 5.41 Å². The zero-order valence-corrected chi connectivity index (χ0v) is 10.3. The summed E-state index contributed by atoms with van der Waals surface area (Å²) in [5.41, 5.74) is 2.67. The average Bonchev–Trinajstić information content (AvgIpc) is 3.02. The van der Waals surface area contributed by atoms with Gasteiger partial charge in [-0.3, -0.25) is 0 Å². The summed E-state index contributed by atoms with van der Waals surface area (Å²) >= 11 is 5.90. The lowest BCUT2D eigenvalue weighted by atomic mass is 10.1. The van der Waals surface area contributed by atoms with Crippen LogP contribution in [0.4, 0.5) is 0 Å². The molecule has 0 saturated heterocycles. The highest BCUT2D eigenvalue weighted by molar-refractivity contribution is 6.30.